The third-order valence-electron chi connectivity index (χ3n) is 8.12. The number of nitrogens with zero attached hydrogens (tertiary/aromatic N) is 4. The maximum Gasteiger partial charge on any atom is 0.245 e. The van der Waals surface area contributed by atoms with Crippen LogP contribution in [0, 0.1) is 11.8 Å². The highest BCUT2D eigenvalue weighted by molar-refractivity contribution is 5.93. The van der Waals surface area contributed by atoms with Gasteiger partial charge in [0.2, 0.25) is 29.5 Å². The molecule has 1 aliphatic rings. The molecule has 0 aromatic heterocycles. The smallest absolute Gasteiger partial charge is 0.245 e. The molecule has 1 aliphatic heterocycles. The molecule has 1 saturated heterocycles. The van der Waals surface area contributed by atoms with Crippen LogP contribution in [-0.4, -0.2) is 126 Å². The van der Waals surface area contributed by atoms with Crippen LogP contribution in [0.3, 0.4) is 0 Å². The number of aliphatic hydroxyl groups is 1. The lowest BCUT2D eigenvalue weighted by Crippen LogP contribution is -2.56. The Kier molecular flexibility index (Phi) is 15.3. The zero-order chi connectivity index (χ0) is 31.4. The highest BCUT2D eigenvalue weighted by Gasteiger charge is 2.34. The Morgan fingerprint density at radius 2 is 1.54 bits per heavy atom. The quantitative estimate of drug-likeness (QED) is 0.238. The fraction of sp³-hybridized carbons (Fsp3) is 0.828. The first-order valence-corrected chi connectivity index (χ1v) is 14.9. The number of nitrogens with one attached hydrogen (secondary N) is 1. The Labute approximate surface area is 245 Å². The Balaban J connectivity index is 2.60. The fourth-order valence-corrected chi connectivity index (χ4v) is 4.93. The van der Waals surface area contributed by atoms with E-state index in [9.17, 15) is 29.1 Å². The molecule has 12 heteroatoms. The van der Waals surface area contributed by atoms with E-state index in [0.717, 1.165) is 26.2 Å². The summed E-state index contributed by atoms with van der Waals surface area (Å²) in [6.07, 6.45) is 1.25. The van der Waals surface area contributed by atoms with E-state index in [4.69, 9.17) is 5.73 Å². The molecule has 0 bridgehead atoms. The minimum atomic E-state index is -0.917. The van der Waals surface area contributed by atoms with Gasteiger partial charge in [-0.2, -0.15) is 0 Å². The highest BCUT2D eigenvalue weighted by Crippen LogP contribution is 2.17. The summed E-state index contributed by atoms with van der Waals surface area (Å²) in [4.78, 5) is 70.0. The van der Waals surface area contributed by atoms with Gasteiger partial charge in [0.25, 0.3) is 0 Å². The van der Waals surface area contributed by atoms with E-state index >= 15 is 0 Å². The average Bonchev–Trinajstić information content (AvgIpc) is 2.92. The number of carbonyl (C=O) groups is 5. The predicted octanol–water partition coefficient (Wildman–Crippen LogP) is 0.418. The van der Waals surface area contributed by atoms with Crippen molar-refractivity contribution in [3.63, 3.8) is 0 Å². The molecule has 0 unspecified atom stereocenters. The van der Waals surface area contributed by atoms with Gasteiger partial charge >= 0.3 is 0 Å². The van der Waals surface area contributed by atoms with Gasteiger partial charge in [-0.15, -0.1) is 0 Å². The number of hydrogen-bond acceptors (Lipinski definition) is 7. The lowest BCUT2D eigenvalue weighted by Gasteiger charge is -2.34. The Bertz CT molecular complexity index is 891. The standard InChI is InChI=1S/C29H54N6O6/c1-9-22(29(41)33(7)21(5)28(40)34(8)23(27(30)39)17-19(2)3)31-25(37)18-24(36)20(4)11-10-12-26(38)35-15-13-32(6)14-16-35/h19-24,36H,9-18H2,1-8H3,(H2,30,39)(H,31,37)/t20-,21-,22+,23+,24+/m1/s1. The van der Waals surface area contributed by atoms with Crippen molar-refractivity contribution in [3.8, 4) is 0 Å². The third-order valence-corrected chi connectivity index (χ3v) is 8.12. The first kappa shape index (κ1) is 36.3. The van der Waals surface area contributed by atoms with E-state index in [-0.39, 0.29) is 24.2 Å². The number of carbonyl (C=O) groups excluding carboxylic acids is 5. The summed E-state index contributed by atoms with van der Waals surface area (Å²) in [6.45, 7) is 12.2. The molecule has 1 rings (SSSR count). The second-order valence-corrected chi connectivity index (χ2v) is 12.0. The van der Waals surface area contributed by atoms with Crippen LogP contribution in [0.25, 0.3) is 0 Å². The van der Waals surface area contributed by atoms with E-state index in [1.165, 1.54) is 23.9 Å². The number of rotatable bonds is 16. The molecule has 0 aromatic rings. The number of hydrogen-bond donors (Lipinski definition) is 3. The monoisotopic (exact) mass is 582 g/mol. The van der Waals surface area contributed by atoms with E-state index in [0.29, 0.717) is 32.1 Å². The van der Waals surface area contributed by atoms with Gasteiger partial charge in [-0.3, -0.25) is 24.0 Å². The molecule has 4 N–H and O–H groups in total. The number of amides is 5. The minimum Gasteiger partial charge on any atom is -0.392 e. The Hall–Kier alpha value is -2.73. The normalized spacial score (nSPS) is 17.8. The molecule has 0 aromatic carbocycles. The summed E-state index contributed by atoms with van der Waals surface area (Å²) in [5.74, 6) is -1.88. The Morgan fingerprint density at radius 3 is 2.05 bits per heavy atom. The summed E-state index contributed by atoms with van der Waals surface area (Å²) in [5.41, 5.74) is 5.52. The molecule has 236 valence electrons. The molecule has 1 heterocycles. The molecular formula is C29H54N6O6. The topological polar surface area (TPSA) is 157 Å². The molecule has 0 spiro atoms. The van der Waals surface area contributed by atoms with Crippen LogP contribution < -0.4 is 11.1 Å². The van der Waals surface area contributed by atoms with Crippen molar-refractivity contribution in [2.24, 2.45) is 17.6 Å². The molecule has 5 amide bonds. The van der Waals surface area contributed by atoms with E-state index < -0.39 is 47.9 Å². The van der Waals surface area contributed by atoms with Gasteiger partial charge in [0.05, 0.1) is 12.5 Å². The molecule has 0 radical (unpaired) electrons. The molecular weight excluding hydrogens is 528 g/mol. The summed E-state index contributed by atoms with van der Waals surface area (Å²) < 4.78 is 0. The second kappa shape index (κ2) is 17.3. The average molecular weight is 583 g/mol. The molecule has 1 fully saturated rings. The summed E-state index contributed by atoms with van der Waals surface area (Å²) in [7, 11) is 5.02. The van der Waals surface area contributed by atoms with Crippen LogP contribution in [0.1, 0.15) is 73.1 Å². The molecule has 41 heavy (non-hydrogen) atoms. The SMILES string of the molecule is CC[C@H](NC(=O)C[C@H](O)[C@H](C)CCCC(=O)N1CCN(C)CC1)C(=O)N(C)[C@H](C)C(=O)N(C)[C@@H](CC(C)C)C(N)=O. The van der Waals surface area contributed by atoms with Gasteiger partial charge < -0.3 is 35.8 Å². The zero-order valence-corrected chi connectivity index (χ0v) is 26.4. The van der Waals surface area contributed by atoms with Gasteiger partial charge in [0, 0.05) is 46.7 Å². The second-order valence-electron chi connectivity index (χ2n) is 12.0. The third kappa shape index (κ3) is 11.6. The number of likely N-dealkylation sites (N-methyl/N-ethyl adjacent to an activating group) is 3. The van der Waals surface area contributed by atoms with Crippen molar-refractivity contribution in [3.05, 3.63) is 0 Å². The number of primary amides is 1. The fourth-order valence-electron chi connectivity index (χ4n) is 4.93. The molecule has 0 saturated carbocycles. The largest absolute Gasteiger partial charge is 0.392 e. The van der Waals surface area contributed by atoms with E-state index in [2.05, 4.69) is 10.2 Å². The summed E-state index contributed by atoms with van der Waals surface area (Å²) in [5, 5.41) is 13.3. The number of nitrogens with two attached hydrogens (primary N) is 1. The van der Waals surface area contributed by atoms with Gasteiger partial charge in [0.1, 0.15) is 18.1 Å². The van der Waals surface area contributed by atoms with Crippen LogP contribution in [0.4, 0.5) is 0 Å². The summed E-state index contributed by atoms with van der Waals surface area (Å²) >= 11 is 0. The number of piperazine rings is 1. The lowest BCUT2D eigenvalue weighted by molar-refractivity contribution is -0.148. The van der Waals surface area contributed by atoms with Crippen LogP contribution >= 0.6 is 0 Å². The van der Waals surface area contributed by atoms with Gasteiger partial charge in [0.15, 0.2) is 0 Å². The number of aliphatic hydroxyl groups excluding tert-OH is 1. The predicted molar refractivity (Wildman–Crippen MR) is 157 cm³/mol. The van der Waals surface area contributed by atoms with Crippen molar-refractivity contribution in [2.45, 2.75) is 97.4 Å². The van der Waals surface area contributed by atoms with Gasteiger partial charge in [-0.1, -0.05) is 27.7 Å². The van der Waals surface area contributed by atoms with Crippen LogP contribution in [-0.2, 0) is 24.0 Å². The van der Waals surface area contributed by atoms with Crippen LogP contribution in [0.2, 0.25) is 0 Å². The maximum atomic E-state index is 13.2. The highest BCUT2D eigenvalue weighted by atomic mass is 16.3. The van der Waals surface area contributed by atoms with Crippen molar-refractivity contribution < 1.29 is 29.1 Å². The van der Waals surface area contributed by atoms with Crippen molar-refractivity contribution >= 4 is 29.5 Å². The Morgan fingerprint density at radius 1 is 0.951 bits per heavy atom. The molecule has 12 nitrogen and oxygen atoms in total. The van der Waals surface area contributed by atoms with Gasteiger partial charge in [-0.25, -0.2) is 0 Å². The van der Waals surface area contributed by atoms with Crippen molar-refractivity contribution in [2.75, 3.05) is 47.3 Å². The van der Waals surface area contributed by atoms with E-state index in [1.807, 2.05) is 32.7 Å². The van der Waals surface area contributed by atoms with Gasteiger partial charge in [-0.05, 0) is 51.5 Å². The van der Waals surface area contributed by atoms with Crippen LogP contribution in [0.15, 0.2) is 0 Å². The molecule has 5 atom stereocenters. The summed E-state index contributed by atoms with van der Waals surface area (Å²) in [6, 6.07) is -2.55. The lowest BCUT2D eigenvalue weighted by atomic mass is 9.95. The van der Waals surface area contributed by atoms with Crippen molar-refractivity contribution in [1.82, 2.24) is 24.9 Å². The first-order valence-electron chi connectivity index (χ1n) is 14.9. The van der Waals surface area contributed by atoms with E-state index in [1.54, 1.807) is 13.8 Å². The minimum absolute atomic E-state index is 0.120. The zero-order valence-electron chi connectivity index (χ0n) is 26.4. The maximum absolute atomic E-state index is 13.2. The molecule has 0 aliphatic carbocycles. The van der Waals surface area contributed by atoms with Crippen LogP contribution in [0.5, 0.6) is 0 Å². The first-order chi connectivity index (χ1) is 19.1. The van der Waals surface area contributed by atoms with Crippen molar-refractivity contribution in [1.29, 1.82) is 0 Å².